The van der Waals surface area contributed by atoms with E-state index in [1.807, 2.05) is 0 Å². The third kappa shape index (κ3) is 3.53. The van der Waals surface area contributed by atoms with E-state index >= 15 is 0 Å². The zero-order chi connectivity index (χ0) is 15.5. The average Bonchev–Trinajstić information content (AvgIpc) is 2.96. The molecular formula is C17H26N2O2S. The molecule has 1 aromatic rings. The lowest BCUT2D eigenvalue weighted by Crippen LogP contribution is -2.47. The van der Waals surface area contributed by atoms with Crippen LogP contribution >= 0.6 is 11.3 Å². The van der Waals surface area contributed by atoms with Crippen LogP contribution in [0.25, 0.3) is 0 Å². The number of nitrogens with one attached hydrogen (secondary N) is 1. The van der Waals surface area contributed by atoms with Crippen LogP contribution in [0.3, 0.4) is 0 Å². The van der Waals surface area contributed by atoms with Gasteiger partial charge in [0, 0.05) is 35.9 Å². The van der Waals surface area contributed by atoms with Crippen LogP contribution in [-0.4, -0.2) is 49.7 Å². The molecule has 4 nitrogen and oxygen atoms in total. The molecule has 122 valence electrons. The molecule has 0 radical (unpaired) electrons. The molecule has 1 aliphatic heterocycles. The maximum atomic E-state index is 12.5. The highest BCUT2D eigenvalue weighted by Crippen LogP contribution is 2.32. The summed E-state index contributed by atoms with van der Waals surface area (Å²) >= 11 is 1.76. The summed E-state index contributed by atoms with van der Waals surface area (Å²) in [4.78, 5) is 16.3. The highest BCUT2D eigenvalue weighted by molar-refractivity contribution is 7.10. The molecular weight excluding hydrogens is 296 g/mol. The molecule has 0 aromatic carbocycles. The molecule has 2 heterocycles. The van der Waals surface area contributed by atoms with Crippen LogP contribution in [0.5, 0.6) is 0 Å². The smallest absolute Gasteiger partial charge is 0.252 e. The van der Waals surface area contributed by atoms with E-state index in [4.69, 9.17) is 4.74 Å². The first-order valence-corrected chi connectivity index (χ1v) is 9.22. The van der Waals surface area contributed by atoms with Crippen molar-refractivity contribution in [3.8, 4) is 0 Å². The molecule has 2 atom stereocenters. The van der Waals surface area contributed by atoms with Crippen molar-refractivity contribution in [1.82, 2.24) is 10.2 Å². The molecule has 0 bridgehead atoms. The fourth-order valence-electron chi connectivity index (χ4n) is 3.35. The Bertz CT molecular complexity index is 523. The second kappa shape index (κ2) is 7.11. The fourth-order valence-corrected chi connectivity index (χ4v) is 4.60. The Hall–Kier alpha value is -0.910. The van der Waals surface area contributed by atoms with Gasteiger partial charge in [-0.25, -0.2) is 0 Å². The topological polar surface area (TPSA) is 41.6 Å². The lowest BCUT2D eigenvalue weighted by atomic mass is 9.88. The number of rotatable bonds is 4. The Kier molecular flexibility index (Phi) is 5.16. The van der Waals surface area contributed by atoms with E-state index in [9.17, 15) is 4.79 Å². The van der Waals surface area contributed by atoms with Crippen molar-refractivity contribution >= 4 is 17.2 Å². The van der Waals surface area contributed by atoms with Crippen molar-refractivity contribution < 1.29 is 9.53 Å². The van der Waals surface area contributed by atoms with Gasteiger partial charge < -0.3 is 10.1 Å². The van der Waals surface area contributed by atoms with Crippen molar-refractivity contribution in [1.29, 1.82) is 0 Å². The van der Waals surface area contributed by atoms with Crippen molar-refractivity contribution in [2.24, 2.45) is 5.92 Å². The molecule has 1 saturated heterocycles. The first kappa shape index (κ1) is 16.0. The molecule has 5 heteroatoms. The fraction of sp³-hybridized carbons (Fsp3) is 0.706. The number of nitrogens with zero attached hydrogens (tertiary/aromatic N) is 1. The predicted octanol–water partition coefficient (Wildman–Crippen LogP) is 2.32. The maximum absolute atomic E-state index is 12.5. The van der Waals surface area contributed by atoms with Gasteiger partial charge in [-0.2, -0.15) is 0 Å². The minimum Gasteiger partial charge on any atom is -0.379 e. The van der Waals surface area contributed by atoms with Crippen LogP contribution in [0.2, 0.25) is 0 Å². The summed E-state index contributed by atoms with van der Waals surface area (Å²) < 4.78 is 5.38. The summed E-state index contributed by atoms with van der Waals surface area (Å²) in [5.74, 6) is 0.857. The maximum Gasteiger partial charge on any atom is 0.252 e. The van der Waals surface area contributed by atoms with E-state index < -0.39 is 0 Å². The summed E-state index contributed by atoms with van der Waals surface area (Å²) in [5, 5.41) is 5.18. The van der Waals surface area contributed by atoms with Gasteiger partial charge in [0.05, 0.1) is 18.8 Å². The van der Waals surface area contributed by atoms with E-state index in [1.165, 1.54) is 16.9 Å². The molecule has 1 aromatic heterocycles. The number of fused-ring (bicyclic) bond motifs is 1. The number of hydrogen-bond acceptors (Lipinski definition) is 4. The Balaban J connectivity index is 1.56. The quantitative estimate of drug-likeness (QED) is 0.925. The number of amides is 1. The monoisotopic (exact) mass is 322 g/mol. The van der Waals surface area contributed by atoms with Gasteiger partial charge in [-0.1, -0.05) is 6.92 Å². The molecule has 0 spiro atoms. The number of hydrogen-bond donors (Lipinski definition) is 1. The van der Waals surface area contributed by atoms with Crippen molar-refractivity contribution in [2.75, 3.05) is 32.8 Å². The van der Waals surface area contributed by atoms with Gasteiger partial charge in [-0.15, -0.1) is 11.3 Å². The highest BCUT2D eigenvalue weighted by atomic mass is 32.1. The normalized spacial score (nSPS) is 23.8. The molecule has 0 unspecified atom stereocenters. The minimum atomic E-state index is 0.104. The summed E-state index contributed by atoms with van der Waals surface area (Å²) in [7, 11) is 0. The summed E-state index contributed by atoms with van der Waals surface area (Å²) in [6, 6.07) is 0.363. The lowest BCUT2D eigenvalue weighted by Gasteiger charge is -2.32. The molecule has 1 aliphatic carbocycles. The van der Waals surface area contributed by atoms with Crippen molar-refractivity contribution in [3.05, 3.63) is 21.4 Å². The lowest BCUT2D eigenvalue weighted by molar-refractivity contribution is 0.0204. The number of ether oxygens (including phenoxy) is 1. The summed E-state index contributed by atoms with van der Waals surface area (Å²) in [6.45, 7) is 8.71. The van der Waals surface area contributed by atoms with Gasteiger partial charge in [-0.3, -0.25) is 9.69 Å². The molecule has 22 heavy (non-hydrogen) atoms. The van der Waals surface area contributed by atoms with E-state index in [0.29, 0.717) is 12.6 Å². The highest BCUT2D eigenvalue weighted by Gasteiger charge is 2.24. The second-order valence-corrected chi connectivity index (χ2v) is 7.57. The van der Waals surface area contributed by atoms with E-state index in [-0.39, 0.29) is 5.91 Å². The molecule has 1 amide bonds. The Morgan fingerprint density at radius 2 is 2.27 bits per heavy atom. The van der Waals surface area contributed by atoms with Crippen molar-refractivity contribution in [3.63, 3.8) is 0 Å². The average molecular weight is 322 g/mol. The van der Waals surface area contributed by atoms with Crippen LogP contribution < -0.4 is 5.32 Å². The number of carbonyl (C=O) groups is 1. The summed E-state index contributed by atoms with van der Waals surface area (Å²) in [6.07, 6.45) is 3.40. The van der Waals surface area contributed by atoms with Gasteiger partial charge in [0.25, 0.3) is 5.91 Å². The van der Waals surface area contributed by atoms with E-state index in [0.717, 1.165) is 50.6 Å². The van der Waals surface area contributed by atoms with Gasteiger partial charge in [0.1, 0.15) is 0 Å². The zero-order valence-corrected chi connectivity index (χ0v) is 14.4. The van der Waals surface area contributed by atoms with Crippen LogP contribution in [0, 0.1) is 5.92 Å². The first-order valence-electron chi connectivity index (χ1n) is 8.34. The van der Waals surface area contributed by atoms with E-state index in [2.05, 4.69) is 29.4 Å². The Morgan fingerprint density at radius 3 is 3.05 bits per heavy atom. The number of morpholine rings is 1. The zero-order valence-electron chi connectivity index (χ0n) is 13.6. The molecule has 3 rings (SSSR count). The summed E-state index contributed by atoms with van der Waals surface area (Å²) in [5.41, 5.74) is 2.22. The molecule has 2 aliphatic rings. The van der Waals surface area contributed by atoms with Gasteiger partial charge in [-0.05, 0) is 37.7 Å². The molecule has 1 N–H and O–H groups in total. The predicted molar refractivity (Wildman–Crippen MR) is 89.7 cm³/mol. The van der Waals surface area contributed by atoms with Crippen LogP contribution in [0.4, 0.5) is 0 Å². The minimum absolute atomic E-state index is 0.104. The van der Waals surface area contributed by atoms with Gasteiger partial charge >= 0.3 is 0 Å². The third-order valence-corrected chi connectivity index (χ3v) is 5.92. The first-order chi connectivity index (χ1) is 10.6. The standard InChI is InChI=1S/C17H26N2O2S/c1-12-3-4-14-15(11-22-16(14)9-12)17(20)18-10-13(2)19-5-7-21-8-6-19/h11-13H,3-10H2,1-2H3,(H,18,20)/t12-,13-/m1/s1. The molecule has 0 saturated carbocycles. The largest absolute Gasteiger partial charge is 0.379 e. The SMILES string of the molecule is C[C@@H]1CCc2c(C(=O)NC[C@@H](C)N3CCOCC3)csc2C1. The van der Waals surface area contributed by atoms with Crippen molar-refractivity contribution in [2.45, 2.75) is 39.2 Å². The molecule has 1 fully saturated rings. The van der Waals surface area contributed by atoms with E-state index in [1.54, 1.807) is 11.3 Å². The Labute approximate surface area is 136 Å². The van der Waals surface area contributed by atoms with Crippen LogP contribution in [-0.2, 0) is 17.6 Å². The number of carbonyl (C=O) groups excluding carboxylic acids is 1. The van der Waals surface area contributed by atoms with Gasteiger partial charge in [0.15, 0.2) is 0 Å². The van der Waals surface area contributed by atoms with Crippen LogP contribution in [0.15, 0.2) is 5.38 Å². The second-order valence-electron chi connectivity index (χ2n) is 6.61. The Morgan fingerprint density at radius 1 is 1.50 bits per heavy atom. The number of thiophene rings is 1. The van der Waals surface area contributed by atoms with Crippen LogP contribution in [0.1, 0.15) is 41.1 Å². The van der Waals surface area contributed by atoms with Gasteiger partial charge in [0.2, 0.25) is 0 Å². The third-order valence-electron chi connectivity index (χ3n) is 4.87.